The quantitative estimate of drug-likeness (QED) is 0.695. The van der Waals surface area contributed by atoms with Gasteiger partial charge in [0.1, 0.15) is 5.60 Å². The second-order valence-corrected chi connectivity index (χ2v) is 4.20. The van der Waals surface area contributed by atoms with E-state index < -0.39 is 5.60 Å². The molecule has 1 aromatic heterocycles. The Hall–Kier alpha value is -0.410. The van der Waals surface area contributed by atoms with Crippen molar-refractivity contribution < 1.29 is 5.11 Å². The molecule has 1 aliphatic rings. The van der Waals surface area contributed by atoms with Crippen molar-refractivity contribution in [1.82, 2.24) is 4.98 Å². The third kappa shape index (κ3) is 1.08. The van der Waals surface area contributed by atoms with Gasteiger partial charge in [-0.1, -0.05) is 0 Å². The summed E-state index contributed by atoms with van der Waals surface area (Å²) < 4.78 is 0. The fourth-order valence-electron chi connectivity index (χ4n) is 1.34. The zero-order valence-corrected chi connectivity index (χ0v) is 7.32. The summed E-state index contributed by atoms with van der Waals surface area (Å²) in [4.78, 5) is 4.27. The summed E-state index contributed by atoms with van der Waals surface area (Å²) in [6, 6.07) is 0. The van der Waals surface area contributed by atoms with Crippen LogP contribution >= 0.6 is 11.3 Å². The lowest BCUT2D eigenvalue weighted by atomic mass is 9.78. The van der Waals surface area contributed by atoms with E-state index in [0.717, 1.165) is 30.0 Å². The van der Waals surface area contributed by atoms with Crippen molar-refractivity contribution in [3.63, 3.8) is 0 Å². The molecule has 0 unspecified atom stereocenters. The van der Waals surface area contributed by atoms with E-state index in [4.69, 9.17) is 0 Å². The van der Waals surface area contributed by atoms with Crippen LogP contribution in [0, 0.1) is 6.92 Å². The van der Waals surface area contributed by atoms with Crippen molar-refractivity contribution in [2.75, 3.05) is 0 Å². The minimum absolute atomic E-state index is 0.565. The molecule has 1 aliphatic carbocycles. The van der Waals surface area contributed by atoms with Crippen LogP contribution in [0.5, 0.6) is 0 Å². The number of aliphatic hydroxyl groups is 1. The Morgan fingerprint density at radius 1 is 1.64 bits per heavy atom. The fraction of sp³-hybridized carbons (Fsp3) is 0.625. The molecule has 0 atom stereocenters. The molecule has 2 nitrogen and oxygen atoms in total. The van der Waals surface area contributed by atoms with E-state index in [-0.39, 0.29) is 0 Å². The van der Waals surface area contributed by atoms with Crippen molar-refractivity contribution in [3.8, 4) is 0 Å². The Labute approximate surface area is 69.9 Å². The average Bonchev–Trinajstić information content (AvgIpc) is 2.31. The van der Waals surface area contributed by atoms with Crippen LogP contribution in [0.4, 0.5) is 0 Å². The van der Waals surface area contributed by atoms with Gasteiger partial charge in [-0.25, -0.2) is 4.98 Å². The maximum absolute atomic E-state index is 9.84. The van der Waals surface area contributed by atoms with Gasteiger partial charge in [0.15, 0.2) is 0 Å². The highest BCUT2D eigenvalue weighted by Crippen LogP contribution is 2.40. The Kier molecular flexibility index (Phi) is 1.51. The second kappa shape index (κ2) is 2.29. The van der Waals surface area contributed by atoms with Crippen molar-refractivity contribution in [3.05, 3.63) is 16.1 Å². The predicted octanol–water partition coefficient (Wildman–Crippen LogP) is 1.82. The van der Waals surface area contributed by atoms with Gasteiger partial charge in [-0.05, 0) is 26.2 Å². The Morgan fingerprint density at radius 3 is 2.73 bits per heavy atom. The molecule has 2 rings (SSSR count). The van der Waals surface area contributed by atoms with E-state index in [0.29, 0.717) is 0 Å². The molecule has 1 N–H and O–H groups in total. The molecule has 0 amide bonds. The third-order valence-electron chi connectivity index (χ3n) is 2.28. The van der Waals surface area contributed by atoms with Crippen LogP contribution in [-0.4, -0.2) is 10.1 Å². The lowest BCUT2D eigenvalue weighted by molar-refractivity contribution is -0.0421. The number of rotatable bonds is 1. The summed E-state index contributed by atoms with van der Waals surface area (Å²) in [6.45, 7) is 1.97. The van der Waals surface area contributed by atoms with Gasteiger partial charge in [0, 0.05) is 5.38 Å². The Bertz CT molecular complexity index is 265. The molecule has 0 aromatic carbocycles. The van der Waals surface area contributed by atoms with Gasteiger partial charge in [-0.2, -0.15) is 0 Å². The summed E-state index contributed by atoms with van der Waals surface area (Å²) in [5.74, 6) is 0. The van der Waals surface area contributed by atoms with Crippen LogP contribution < -0.4 is 0 Å². The number of thiazole rings is 1. The van der Waals surface area contributed by atoms with Crippen LogP contribution in [-0.2, 0) is 5.60 Å². The van der Waals surface area contributed by atoms with E-state index in [1.165, 1.54) is 0 Å². The first-order valence-corrected chi connectivity index (χ1v) is 4.74. The van der Waals surface area contributed by atoms with Crippen molar-refractivity contribution in [2.24, 2.45) is 0 Å². The summed E-state index contributed by atoms with van der Waals surface area (Å²) in [7, 11) is 0. The molecule has 1 fully saturated rings. The normalized spacial score (nSPS) is 21.3. The first-order chi connectivity index (χ1) is 5.21. The molecule has 1 heterocycles. The molecule has 1 aromatic rings. The summed E-state index contributed by atoms with van der Waals surface area (Å²) in [5, 5.41) is 12.8. The largest absolute Gasteiger partial charge is 0.384 e. The van der Waals surface area contributed by atoms with Gasteiger partial charge in [-0.15, -0.1) is 11.3 Å². The second-order valence-electron chi connectivity index (χ2n) is 3.14. The smallest absolute Gasteiger partial charge is 0.107 e. The van der Waals surface area contributed by atoms with Crippen LogP contribution in [0.25, 0.3) is 0 Å². The number of hydrogen-bond donors (Lipinski definition) is 1. The first-order valence-electron chi connectivity index (χ1n) is 3.86. The van der Waals surface area contributed by atoms with Crippen molar-refractivity contribution in [2.45, 2.75) is 31.8 Å². The molecule has 0 aliphatic heterocycles. The molecule has 60 valence electrons. The number of aromatic nitrogens is 1. The fourth-order valence-corrected chi connectivity index (χ4v) is 2.05. The SMILES string of the molecule is Cc1nc(C2(O)CCC2)cs1. The highest BCUT2D eigenvalue weighted by Gasteiger charge is 2.38. The van der Waals surface area contributed by atoms with Crippen molar-refractivity contribution >= 4 is 11.3 Å². The summed E-state index contributed by atoms with van der Waals surface area (Å²) in [6.07, 6.45) is 2.90. The number of aryl methyl sites for hydroxylation is 1. The van der Waals surface area contributed by atoms with Gasteiger partial charge >= 0.3 is 0 Å². The molecular weight excluding hydrogens is 158 g/mol. The average molecular weight is 169 g/mol. The van der Waals surface area contributed by atoms with E-state index in [2.05, 4.69) is 4.98 Å². The standard InChI is InChI=1S/C8H11NOS/c1-6-9-7(5-11-6)8(10)3-2-4-8/h5,10H,2-4H2,1H3. The molecule has 0 saturated heterocycles. The predicted molar refractivity (Wildman–Crippen MR) is 44.6 cm³/mol. The lowest BCUT2D eigenvalue weighted by Gasteiger charge is -2.34. The van der Waals surface area contributed by atoms with E-state index in [9.17, 15) is 5.11 Å². The minimum Gasteiger partial charge on any atom is -0.384 e. The maximum Gasteiger partial charge on any atom is 0.107 e. The first kappa shape index (κ1) is 7.25. The number of nitrogens with zero attached hydrogens (tertiary/aromatic N) is 1. The summed E-state index contributed by atoms with van der Waals surface area (Å²) >= 11 is 1.61. The molecule has 1 saturated carbocycles. The van der Waals surface area contributed by atoms with Gasteiger partial charge in [-0.3, -0.25) is 0 Å². The van der Waals surface area contributed by atoms with Gasteiger partial charge < -0.3 is 5.11 Å². The molecular formula is C8H11NOS. The molecule has 0 spiro atoms. The lowest BCUT2D eigenvalue weighted by Crippen LogP contribution is -2.33. The number of hydrogen-bond acceptors (Lipinski definition) is 3. The zero-order chi connectivity index (χ0) is 7.90. The van der Waals surface area contributed by atoms with Crippen LogP contribution in [0.3, 0.4) is 0 Å². The Morgan fingerprint density at radius 2 is 2.36 bits per heavy atom. The van der Waals surface area contributed by atoms with Gasteiger partial charge in [0.2, 0.25) is 0 Å². The maximum atomic E-state index is 9.84. The highest BCUT2D eigenvalue weighted by atomic mass is 32.1. The molecule has 0 bridgehead atoms. The summed E-state index contributed by atoms with van der Waals surface area (Å²) in [5.41, 5.74) is 0.316. The third-order valence-corrected chi connectivity index (χ3v) is 3.05. The van der Waals surface area contributed by atoms with E-state index >= 15 is 0 Å². The Balaban J connectivity index is 2.28. The topological polar surface area (TPSA) is 33.1 Å². The highest BCUT2D eigenvalue weighted by molar-refractivity contribution is 7.09. The van der Waals surface area contributed by atoms with Crippen LogP contribution in [0.2, 0.25) is 0 Å². The zero-order valence-electron chi connectivity index (χ0n) is 6.50. The van der Waals surface area contributed by atoms with Crippen LogP contribution in [0.1, 0.15) is 30.0 Å². The molecule has 3 heteroatoms. The molecule has 0 radical (unpaired) electrons. The molecule has 11 heavy (non-hydrogen) atoms. The van der Waals surface area contributed by atoms with Crippen LogP contribution in [0.15, 0.2) is 5.38 Å². The minimum atomic E-state index is -0.565. The van der Waals surface area contributed by atoms with Gasteiger partial charge in [0.25, 0.3) is 0 Å². The van der Waals surface area contributed by atoms with E-state index in [1.807, 2.05) is 12.3 Å². The van der Waals surface area contributed by atoms with Gasteiger partial charge in [0.05, 0.1) is 10.7 Å². The van der Waals surface area contributed by atoms with E-state index in [1.54, 1.807) is 11.3 Å². The monoisotopic (exact) mass is 169 g/mol. The van der Waals surface area contributed by atoms with Crippen molar-refractivity contribution in [1.29, 1.82) is 0 Å².